The van der Waals surface area contributed by atoms with Gasteiger partial charge in [-0.1, -0.05) is 41.1 Å². The molecule has 0 bridgehead atoms. The van der Waals surface area contributed by atoms with E-state index in [0.29, 0.717) is 12.5 Å². The Morgan fingerprint density at radius 2 is 2.11 bits per heavy atom. The van der Waals surface area contributed by atoms with Crippen molar-refractivity contribution in [1.29, 1.82) is 0 Å². The average molecular weight is 308 g/mol. The number of nitrogens with two attached hydrogens (primary N) is 1. The highest BCUT2D eigenvalue weighted by Gasteiger charge is 2.16. The van der Waals surface area contributed by atoms with Gasteiger partial charge in [0.15, 0.2) is 0 Å². The summed E-state index contributed by atoms with van der Waals surface area (Å²) in [7, 11) is 0. The Kier molecular flexibility index (Phi) is 4.19. The van der Waals surface area contributed by atoms with Gasteiger partial charge in [-0.25, -0.2) is 4.98 Å². The van der Waals surface area contributed by atoms with Gasteiger partial charge in [0.25, 0.3) is 0 Å². The van der Waals surface area contributed by atoms with Crippen molar-refractivity contribution in [2.75, 3.05) is 6.54 Å². The molecule has 0 radical (unpaired) electrons. The molecule has 3 N–H and O–H groups in total. The summed E-state index contributed by atoms with van der Waals surface area (Å²) in [5.41, 5.74) is 8.98. The summed E-state index contributed by atoms with van der Waals surface area (Å²) < 4.78 is 1.06. The number of benzene rings is 1. The highest BCUT2D eigenvalue weighted by Crippen LogP contribution is 2.30. The molecule has 0 amide bonds. The summed E-state index contributed by atoms with van der Waals surface area (Å²) in [4.78, 5) is 8.08. The Balaban J connectivity index is 2.44. The summed E-state index contributed by atoms with van der Waals surface area (Å²) >= 11 is 3.57. The van der Waals surface area contributed by atoms with Crippen LogP contribution >= 0.6 is 15.9 Å². The van der Waals surface area contributed by atoms with Gasteiger partial charge in [0.1, 0.15) is 5.82 Å². The van der Waals surface area contributed by atoms with Crippen LogP contribution in [0.4, 0.5) is 0 Å². The van der Waals surface area contributed by atoms with E-state index >= 15 is 0 Å². The lowest BCUT2D eigenvalue weighted by molar-refractivity contribution is 0.638. The highest BCUT2D eigenvalue weighted by molar-refractivity contribution is 9.10. The van der Waals surface area contributed by atoms with Crippen molar-refractivity contribution >= 4 is 15.9 Å². The smallest absolute Gasteiger partial charge is 0.111 e. The molecule has 0 fully saturated rings. The van der Waals surface area contributed by atoms with Gasteiger partial charge in [-0.05, 0) is 19.4 Å². The second-order valence-electron chi connectivity index (χ2n) is 4.42. The third-order valence-corrected chi connectivity index (χ3v) is 3.89. The number of H-pyrrole nitrogens is 1. The third-order valence-electron chi connectivity index (χ3n) is 3.20. The quantitative estimate of drug-likeness (QED) is 0.906. The van der Waals surface area contributed by atoms with Crippen molar-refractivity contribution < 1.29 is 0 Å². The third kappa shape index (κ3) is 2.49. The zero-order valence-electron chi connectivity index (χ0n) is 10.7. The number of aryl methyl sites for hydroxylation is 1. The number of aromatic nitrogens is 2. The Morgan fingerprint density at radius 3 is 2.72 bits per heavy atom. The topological polar surface area (TPSA) is 54.7 Å². The van der Waals surface area contributed by atoms with Crippen LogP contribution in [0.15, 0.2) is 28.7 Å². The van der Waals surface area contributed by atoms with Crippen molar-refractivity contribution in [1.82, 2.24) is 9.97 Å². The number of halogens is 1. The molecule has 0 aliphatic carbocycles. The summed E-state index contributed by atoms with van der Waals surface area (Å²) in [5.74, 6) is 1.29. The number of imidazole rings is 1. The maximum absolute atomic E-state index is 5.77. The Bertz CT molecular complexity index is 530. The zero-order chi connectivity index (χ0) is 13.1. The van der Waals surface area contributed by atoms with E-state index in [0.717, 1.165) is 33.7 Å². The van der Waals surface area contributed by atoms with E-state index in [4.69, 9.17) is 10.7 Å². The average Bonchev–Trinajstić information content (AvgIpc) is 2.73. The molecular weight excluding hydrogens is 290 g/mol. The van der Waals surface area contributed by atoms with Crippen LogP contribution in [0, 0.1) is 6.92 Å². The van der Waals surface area contributed by atoms with Crippen LogP contribution in [-0.2, 0) is 0 Å². The number of hydrogen-bond donors (Lipinski definition) is 2. The SMILES string of the molecule is CCC(CN)c1nc(-c2ccccc2Br)c(C)[nH]1. The van der Waals surface area contributed by atoms with Gasteiger partial charge in [-0.3, -0.25) is 0 Å². The first-order valence-electron chi connectivity index (χ1n) is 6.18. The molecule has 2 aromatic rings. The van der Waals surface area contributed by atoms with Crippen molar-refractivity contribution in [3.63, 3.8) is 0 Å². The van der Waals surface area contributed by atoms with E-state index in [1.807, 2.05) is 18.2 Å². The van der Waals surface area contributed by atoms with Crippen LogP contribution in [-0.4, -0.2) is 16.5 Å². The normalized spacial score (nSPS) is 12.7. The first kappa shape index (κ1) is 13.3. The number of nitrogens with zero attached hydrogens (tertiary/aromatic N) is 1. The number of hydrogen-bond acceptors (Lipinski definition) is 2. The molecule has 0 aliphatic heterocycles. The standard InChI is InChI=1S/C14H18BrN3/c1-3-10(8-16)14-17-9(2)13(18-14)11-6-4-5-7-12(11)15/h4-7,10H,3,8,16H2,1-2H3,(H,17,18). The maximum atomic E-state index is 5.77. The molecule has 1 aromatic carbocycles. The zero-order valence-corrected chi connectivity index (χ0v) is 12.3. The van der Waals surface area contributed by atoms with Crippen molar-refractivity contribution in [3.8, 4) is 11.3 Å². The fourth-order valence-corrected chi connectivity index (χ4v) is 2.54. The monoisotopic (exact) mass is 307 g/mol. The van der Waals surface area contributed by atoms with Gasteiger partial charge >= 0.3 is 0 Å². The highest BCUT2D eigenvalue weighted by atomic mass is 79.9. The van der Waals surface area contributed by atoms with Gasteiger partial charge in [0, 0.05) is 28.2 Å². The van der Waals surface area contributed by atoms with E-state index in [9.17, 15) is 0 Å². The lowest BCUT2D eigenvalue weighted by atomic mass is 10.1. The van der Waals surface area contributed by atoms with Crippen LogP contribution in [0.5, 0.6) is 0 Å². The second kappa shape index (κ2) is 5.67. The number of nitrogens with one attached hydrogen (secondary N) is 1. The molecule has 0 spiro atoms. The van der Waals surface area contributed by atoms with Gasteiger partial charge in [0.05, 0.1) is 5.69 Å². The van der Waals surface area contributed by atoms with Gasteiger partial charge < -0.3 is 10.7 Å². The van der Waals surface area contributed by atoms with Crippen molar-refractivity contribution in [2.24, 2.45) is 5.73 Å². The van der Waals surface area contributed by atoms with Gasteiger partial charge in [-0.2, -0.15) is 0 Å². The molecule has 0 saturated carbocycles. The summed E-state index contributed by atoms with van der Waals surface area (Å²) in [5, 5.41) is 0. The predicted octanol–water partition coefficient (Wildman–Crippen LogP) is 3.60. The second-order valence-corrected chi connectivity index (χ2v) is 5.27. The minimum atomic E-state index is 0.305. The lowest BCUT2D eigenvalue weighted by Crippen LogP contribution is -2.12. The van der Waals surface area contributed by atoms with Crippen LogP contribution in [0.25, 0.3) is 11.3 Å². The summed E-state index contributed by atoms with van der Waals surface area (Å²) in [6.45, 7) is 4.81. The van der Waals surface area contributed by atoms with E-state index in [1.54, 1.807) is 0 Å². The summed E-state index contributed by atoms with van der Waals surface area (Å²) in [6, 6.07) is 8.13. The minimum absolute atomic E-state index is 0.305. The number of rotatable bonds is 4. The first-order chi connectivity index (χ1) is 8.67. The molecule has 1 atom stereocenters. The predicted molar refractivity (Wildman–Crippen MR) is 78.5 cm³/mol. The van der Waals surface area contributed by atoms with Crippen LogP contribution in [0.1, 0.15) is 30.8 Å². The van der Waals surface area contributed by atoms with E-state index in [-0.39, 0.29) is 0 Å². The van der Waals surface area contributed by atoms with E-state index in [2.05, 4.69) is 40.8 Å². The molecule has 18 heavy (non-hydrogen) atoms. The largest absolute Gasteiger partial charge is 0.345 e. The van der Waals surface area contributed by atoms with Gasteiger partial charge in [0.2, 0.25) is 0 Å². The maximum Gasteiger partial charge on any atom is 0.111 e. The molecule has 3 nitrogen and oxygen atoms in total. The van der Waals surface area contributed by atoms with Gasteiger partial charge in [-0.15, -0.1) is 0 Å². The Labute approximate surface area is 116 Å². The number of aromatic amines is 1. The molecule has 0 aliphatic rings. The molecule has 0 saturated heterocycles. The first-order valence-corrected chi connectivity index (χ1v) is 6.98. The molecule has 1 unspecified atom stereocenters. The molecule has 96 valence electrons. The fraction of sp³-hybridized carbons (Fsp3) is 0.357. The fourth-order valence-electron chi connectivity index (χ4n) is 2.06. The van der Waals surface area contributed by atoms with Crippen LogP contribution < -0.4 is 5.73 Å². The minimum Gasteiger partial charge on any atom is -0.345 e. The Hall–Kier alpha value is -1.13. The molecule has 4 heteroatoms. The van der Waals surface area contributed by atoms with E-state index in [1.165, 1.54) is 0 Å². The molecule has 1 heterocycles. The van der Waals surface area contributed by atoms with Crippen LogP contribution in [0.2, 0.25) is 0 Å². The van der Waals surface area contributed by atoms with Crippen molar-refractivity contribution in [2.45, 2.75) is 26.2 Å². The molecule has 1 aromatic heterocycles. The van der Waals surface area contributed by atoms with Crippen LogP contribution in [0.3, 0.4) is 0 Å². The van der Waals surface area contributed by atoms with Crippen molar-refractivity contribution in [3.05, 3.63) is 40.3 Å². The molecular formula is C14H18BrN3. The Morgan fingerprint density at radius 1 is 1.39 bits per heavy atom. The molecule has 2 rings (SSSR count). The summed E-state index contributed by atoms with van der Waals surface area (Å²) in [6.07, 6.45) is 0.999. The lowest BCUT2D eigenvalue weighted by Gasteiger charge is -2.07. The van der Waals surface area contributed by atoms with E-state index < -0.39 is 0 Å².